The van der Waals surface area contributed by atoms with Crippen LogP contribution < -0.4 is 19.5 Å². The van der Waals surface area contributed by atoms with Crippen molar-refractivity contribution >= 4 is 46.1 Å². The summed E-state index contributed by atoms with van der Waals surface area (Å²) in [4.78, 5) is 26.5. The van der Waals surface area contributed by atoms with Crippen LogP contribution in [0.25, 0.3) is 22.2 Å². The Hall–Kier alpha value is -4.88. The van der Waals surface area contributed by atoms with Crippen LogP contribution in [-0.2, 0) is 34.1 Å². The second kappa shape index (κ2) is 19.3. The second-order valence-corrected chi connectivity index (χ2v) is 12.7. The molecule has 0 aliphatic heterocycles. The number of aliphatic hydroxyl groups is 1. The van der Waals surface area contributed by atoms with Gasteiger partial charge in [-0.3, -0.25) is 14.9 Å². The topological polar surface area (TPSA) is 145 Å². The summed E-state index contributed by atoms with van der Waals surface area (Å²) in [6, 6.07) is 21.1. The largest absolute Gasteiger partial charge is 0.493 e. The Labute approximate surface area is 317 Å². The van der Waals surface area contributed by atoms with E-state index in [0.717, 1.165) is 22.3 Å². The number of aromatic nitrogens is 2. The number of halogens is 2. The second-order valence-electron chi connectivity index (χ2n) is 11.9. The maximum Gasteiger partial charge on any atom is 0.325 e. The highest BCUT2D eigenvalue weighted by Crippen LogP contribution is 2.36. The molecular weight excluding hydrogens is 723 g/mol. The number of carbonyl (C=O) groups excluding carboxylic acids is 2. The van der Waals surface area contributed by atoms with Crippen LogP contribution in [0.15, 0.2) is 77.4 Å². The standard InChI is InChI=1S/C39H42Cl2N4O8/c1-4-45(5-2)37(47)15-16-50-29-11-7-9-26(18-29)30-12-8-10-27(38(30)41)24-52-36-20-35(51-23-25-13-14-32-33(17-25)44-53-43-32)28(19-31(36)40)21-42-34(22-46)39(48)49-6-3/h7-14,17-20,34,42,46H,4-6,15-16,21-24H2,1-3H3. The molecule has 0 spiro atoms. The van der Waals surface area contributed by atoms with E-state index in [9.17, 15) is 14.7 Å². The van der Waals surface area contributed by atoms with Gasteiger partial charge in [-0.1, -0.05) is 59.6 Å². The van der Waals surface area contributed by atoms with Crippen molar-refractivity contribution in [3.63, 3.8) is 0 Å². The first-order valence-corrected chi connectivity index (χ1v) is 18.1. The highest BCUT2D eigenvalue weighted by atomic mass is 35.5. The molecule has 0 aliphatic carbocycles. The first-order valence-electron chi connectivity index (χ1n) is 17.3. The lowest BCUT2D eigenvalue weighted by molar-refractivity contribution is -0.146. The molecule has 5 aromatic rings. The van der Waals surface area contributed by atoms with E-state index in [2.05, 4.69) is 15.6 Å². The van der Waals surface area contributed by atoms with Crippen LogP contribution in [0, 0.1) is 0 Å². The summed E-state index contributed by atoms with van der Waals surface area (Å²) in [6.07, 6.45) is 0.291. The Kier molecular flexibility index (Phi) is 14.3. The highest BCUT2D eigenvalue weighted by Gasteiger charge is 2.20. The summed E-state index contributed by atoms with van der Waals surface area (Å²) >= 11 is 13.7. The third-order valence-corrected chi connectivity index (χ3v) is 9.17. The fourth-order valence-corrected chi connectivity index (χ4v) is 6.08. The van der Waals surface area contributed by atoms with Crippen molar-refractivity contribution in [3.8, 4) is 28.4 Å². The number of benzene rings is 4. The van der Waals surface area contributed by atoms with E-state index in [1.165, 1.54) is 0 Å². The Bertz CT molecular complexity index is 2000. The zero-order chi connectivity index (χ0) is 37.7. The molecule has 12 nitrogen and oxygen atoms in total. The number of ether oxygens (including phenoxy) is 4. The fourth-order valence-electron chi connectivity index (χ4n) is 5.55. The van der Waals surface area contributed by atoms with Gasteiger partial charge in [0, 0.05) is 42.4 Å². The van der Waals surface area contributed by atoms with Crippen LogP contribution in [0.2, 0.25) is 10.0 Å². The summed E-state index contributed by atoms with van der Waals surface area (Å²) in [6.45, 7) is 7.33. The molecule has 0 saturated carbocycles. The van der Waals surface area contributed by atoms with Gasteiger partial charge in [-0.2, -0.15) is 0 Å². The van der Waals surface area contributed by atoms with E-state index >= 15 is 0 Å². The van der Waals surface area contributed by atoms with Crippen molar-refractivity contribution in [2.45, 2.75) is 53.0 Å². The van der Waals surface area contributed by atoms with Gasteiger partial charge in [0.25, 0.3) is 0 Å². The molecule has 1 unspecified atom stereocenters. The summed E-state index contributed by atoms with van der Waals surface area (Å²) in [7, 11) is 0. The van der Waals surface area contributed by atoms with E-state index in [4.69, 9.17) is 46.8 Å². The van der Waals surface area contributed by atoms with Crippen LogP contribution in [0.5, 0.6) is 17.2 Å². The molecule has 0 radical (unpaired) electrons. The number of aliphatic hydroxyl groups excluding tert-OH is 1. The van der Waals surface area contributed by atoms with Crippen molar-refractivity contribution in [1.29, 1.82) is 0 Å². The number of hydrogen-bond donors (Lipinski definition) is 2. The van der Waals surface area contributed by atoms with Crippen LogP contribution in [-0.4, -0.2) is 71.1 Å². The van der Waals surface area contributed by atoms with Crippen molar-refractivity contribution in [2.75, 3.05) is 32.9 Å². The zero-order valence-electron chi connectivity index (χ0n) is 29.8. The number of fused-ring (bicyclic) bond motifs is 1. The SMILES string of the molecule is CCOC(=O)C(CO)NCc1cc(Cl)c(OCc2cccc(-c3cccc(OCCC(=O)N(CC)CC)c3)c2Cl)cc1OCc1ccc2nonc2c1. The molecule has 14 heteroatoms. The molecule has 1 aromatic heterocycles. The van der Waals surface area contributed by atoms with Crippen molar-refractivity contribution in [2.24, 2.45) is 0 Å². The van der Waals surface area contributed by atoms with Gasteiger partial charge in [0.15, 0.2) is 0 Å². The summed E-state index contributed by atoms with van der Waals surface area (Å²) in [5, 5.41) is 21.4. The smallest absolute Gasteiger partial charge is 0.325 e. The summed E-state index contributed by atoms with van der Waals surface area (Å²) < 4.78 is 28.3. The molecule has 2 N–H and O–H groups in total. The van der Waals surface area contributed by atoms with E-state index in [1.807, 2.05) is 68.4 Å². The molecule has 4 aromatic carbocycles. The highest BCUT2D eigenvalue weighted by molar-refractivity contribution is 6.34. The minimum Gasteiger partial charge on any atom is -0.493 e. The lowest BCUT2D eigenvalue weighted by Gasteiger charge is -2.19. The van der Waals surface area contributed by atoms with Gasteiger partial charge in [0.1, 0.15) is 47.5 Å². The number of esters is 1. The Balaban J connectivity index is 1.32. The molecule has 1 atom stereocenters. The fraction of sp³-hybridized carbons (Fsp3) is 0.333. The zero-order valence-corrected chi connectivity index (χ0v) is 31.3. The Morgan fingerprint density at radius 3 is 2.42 bits per heavy atom. The number of rotatable bonds is 19. The van der Waals surface area contributed by atoms with Gasteiger partial charge in [-0.05, 0) is 72.5 Å². The van der Waals surface area contributed by atoms with Gasteiger partial charge in [0.05, 0.1) is 36.3 Å². The first-order chi connectivity index (χ1) is 25.7. The lowest BCUT2D eigenvalue weighted by atomic mass is 10.0. The average molecular weight is 766 g/mol. The predicted molar refractivity (Wildman–Crippen MR) is 201 cm³/mol. The average Bonchev–Trinajstić information content (AvgIpc) is 3.64. The molecule has 0 fully saturated rings. The monoisotopic (exact) mass is 764 g/mol. The third-order valence-electron chi connectivity index (χ3n) is 8.43. The number of hydrogen-bond acceptors (Lipinski definition) is 11. The van der Waals surface area contributed by atoms with Crippen molar-refractivity contribution < 1.29 is 38.3 Å². The van der Waals surface area contributed by atoms with Crippen molar-refractivity contribution in [3.05, 3.63) is 99.5 Å². The van der Waals surface area contributed by atoms with Crippen LogP contribution in [0.3, 0.4) is 0 Å². The van der Waals surface area contributed by atoms with Crippen molar-refractivity contribution in [1.82, 2.24) is 20.5 Å². The quantitative estimate of drug-likeness (QED) is 0.0838. The number of carbonyl (C=O) groups is 2. The minimum absolute atomic E-state index is 0.0545. The molecular formula is C39H42Cl2N4O8. The molecule has 280 valence electrons. The minimum atomic E-state index is -0.942. The molecule has 5 rings (SSSR count). The number of amides is 1. The van der Waals surface area contributed by atoms with Crippen LogP contribution in [0.1, 0.15) is 43.9 Å². The Morgan fingerprint density at radius 2 is 1.64 bits per heavy atom. The lowest BCUT2D eigenvalue weighted by Crippen LogP contribution is -2.40. The van der Waals surface area contributed by atoms with Crippen LogP contribution in [0.4, 0.5) is 0 Å². The summed E-state index contributed by atoms with van der Waals surface area (Å²) in [5.41, 5.74) is 5.00. The third kappa shape index (κ3) is 10.4. The van der Waals surface area contributed by atoms with Gasteiger partial charge in [-0.15, -0.1) is 0 Å². The van der Waals surface area contributed by atoms with E-state index in [0.29, 0.717) is 63.4 Å². The Morgan fingerprint density at radius 1 is 0.868 bits per heavy atom. The summed E-state index contributed by atoms with van der Waals surface area (Å²) in [5.74, 6) is 0.900. The van der Waals surface area contributed by atoms with E-state index < -0.39 is 18.6 Å². The van der Waals surface area contributed by atoms with Gasteiger partial charge < -0.3 is 29.0 Å². The molecule has 1 amide bonds. The maximum absolute atomic E-state index is 12.4. The molecule has 0 bridgehead atoms. The number of nitrogens with one attached hydrogen (secondary N) is 1. The van der Waals surface area contributed by atoms with Gasteiger partial charge in [-0.25, -0.2) is 4.63 Å². The van der Waals surface area contributed by atoms with Gasteiger partial charge in [0.2, 0.25) is 5.91 Å². The van der Waals surface area contributed by atoms with Crippen LogP contribution >= 0.6 is 23.2 Å². The maximum atomic E-state index is 12.4. The first kappa shape index (κ1) is 39.3. The van der Waals surface area contributed by atoms with Gasteiger partial charge >= 0.3 is 5.97 Å². The molecule has 0 aliphatic rings. The van der Waals surface area contributed by atoms with E-state index in [-0.39, 0.29) is 38.9 Å². The molecule has 0 saturated heterocycles. The molecule has 1 heterocycles. The number of nitrogens with zero attached hydrogens (tertiary/aromatic N) is 3. The molecule has 53 heavy (non-hydrogen) atoms. The predicted octanol–water partition coefficient (Wildman–Crippen LogP) is 7.01. The normalized spacial score (nSPS) is 11.7. The van der Waals surface area contributed by atoms with E-state index in [1.54, 1.807) is 30.0 Å².